The van der Waals surface area contributed by atoms with E-state index in [1.165, 1.54) is 23.3 Å². The van der Waals surface area contributed by atoms with Gasteiger partial charge in [0.25, 0.3) is 0 Å². The lowest BCUT2D eigenvalue weighted by atomic mass is 9.61. The molecule has 2 rings (SSSR count). The number of alkyl halides is 3. The molecule has 0 radical (unpaired) electrons. The van der Waals surface area contributed by atoms with Gasteiger partial charge >= 0.3 is 6.18 Å². The minimum absolute atomic E-state index is 0.222. The summed E-state index contributed by atoms with van der Waals surface area (Å²) in [6.07, 6.45) is -4.30. The zero-order valence-corrected chi connectivity index (χ0v) is 14.3. The molecule has 124 valence electrons. The van der Waals surface area contributed by atoms with Crippen molar-refractivity contribution in [2.45, 2.75) is 51.6 Å². The smallest absolute Gasteiger partial charge is 0.166 e. The van der Waals surface area contributed by atoms with Crippen LogP contribution in [0.5, 0.6) is 0 Å². The zero-order valence-electron chi connectivity index (χ0n) is 14.3. The summed E-state index contributed by atoms with van der Waals surface area (Å²) in [6.45, 7) is 10.5. The first-order chi connectivity index (χ1) is 10.5. The van der Waals surface area contributed by atoms with Crippen molar-refractivity contribution in [1.82, 2.24) is 0 Å². The Bertz CT molecular complexity index is 660. The van der Waals surface area contributed by atoms with Crippen LogP contribution in [0.25, 0.3) is 0 Å². The van der Waals surface area contributed by atoms with Crippen LogP contribution < -0.4 is 0 Å². The maximum atomic E-state index is 12.8. The molecule has 2 aromatic rings. The molecule has 0 nitrogen and oxygen atoms in total. The van der Waals surface area contributed by atoms with Crippen LogP contribution in [0.3, 0.4) is 0 Å². The Morgan fingerprint density at radius 3 is 1.22 bits per heavy atom. The second kappa shape index (κ2) is 5.70. The molecule has 0 amide bonds. The predicted octanol–water partition coefficient (Wildman–Crippen LogP) is 6.27. The van der Waals surface area contributed by atoms with Crippen LogP contribution in [0.15, 0.2) is 48.5 Å². The Morgan fingerprint density at radius 1 is 0.565 bits per heavy atom. The molecular formula is C20H23F3. The summed E-state index contributed by atoms with van der Waals surface area (Å²) in [7, 11) is 0. The third kappa shape index (κ3) is 3.29. The van der Waals surface area contributed by atoms with E-state index in [0.29, 0.717) is 0 Å². The minimum Gasteiger partial charge on any atom is -0.166 e. The van der Waals surface area contributed by atoms with Crippen molar-refractivity contribution >= 4 is 0 Å². The molecule has 2 aromatic carbocycles. The Morgan fingerprint density at radius 2 is 0.870 bits per heavy atom. The first-order valence-corrected chi connectivity index (χ1v) is 7.71. The Hall–Kier alpha value is -1.77. The highest BCUT2D eigenvalue weighted by molar-refractivity contribution is 5.38. The van der Waals surface area contributed by atoms with E-state index in [4.69, 9.17) is 0 Å². The van der Waals surface area contributed by atoms with Crippen LogP contribution in [0, 0.1) is 6.92 Å². The summed E-state index contributed by atoms with van der Waals surface area (Å²) in [5, 5.41) is 0. The lowest BCUT2D eigenvalue weighted by Crippen LogP contribution is -2.40. The van der Waals surface area contributed by atoms with Gasteiger partial charge in [0.1, 0.15) is 0 Å². The molecule has 0 spiro atoms. The number of aryl methyl sites for hydroxylation is 1. The number of halogens is 3. The van der Waals surface area contributed by atoms with E-state index in [0.717, 1.165) is 5.56 Å². The number of hydrogen-bond donors (Lipinski definition) is 0. The SMILES string of the molecule is Cc1ccc(C(C)(C)C(C)(C)c2ccc(C(F)(F)F)cc2)cc1. The molecule has 0 fully saturated rings. The molecule has 0 atom stereocenters. The second-order valence-electron chi connectivity index (χ2n) is 7.19. The molecule has 0 aliphatic heterocycles. The van der Waals surface area contributed by atoms with E-state index < -0.39 is 11.7 Å². The van der Waals surface area contributed by atoms with Gasteiger partial charge in [0.2, 0.25) is 0 Å². The van der Waals surface area contributed by atoms with Gasteiger partial charge in [0, 0.05) is 0 Å². The molecule has 0 aromatic heterocycles. The van der Waals surface area contributed by atoms with Crippen molar-refractivity contribution in [3.05, 3.63) is 70.8 Å². The average Bonchev–Trinajstić information content (AvgIpc) is 2.46. The third-order valence-electron chi connectivity index (χ3n) is 5.27. The first-order valence-electron chi connectivity index (χ1n) is 7.71. The number of hydrogen-bond acceptors (Lipinski definition) is 0. The van der Waals surface area contributed by atoms with Gasteiger partial charge in [-0.15, -0.1) is 0 Å². The highest BCUT2D eigenvalue weighted by atomic mass is 19.4. The normalized spacial score (nSPS) is 13.2. The zero-order chi connectivity index (χ0) is 17.5. The lowest BCUT2D eigenvalue weighted by Gasteiger charge is -2.43. The van der Waals surface area contributed by atoms with Crippen molar-refractivity contribution in [3.8, 4) is 0 Å². The van der Waals surface area contributed by atoms with Gasteiger partial charge in [-0.05, 0) is 41.0 Å². The van der Waals surface area contributed by atoms with Crippen LogP contribution in [0.2, 0.25) is 0 Å². The summed E-state index contributed by atoms with van der Waals surface area (Å²) in [4.78, 5) is 0. The van der Waals surface area contributed by atoms with Crippen molar-refractivity contribution in [1.29, 1.82) is 0 Å². The van der Waals surface area contributed by atoms with Crippen molar-refractivity contribution in [3.63, 3.8) is 0 Å². The van der Waals surface area contributed by atoms with Gasteiger partial charge in [-0.2, -0.15) is 13.2 Å². The van der Waals surface area contributed by atoms with E-state index in [9.17, 15) is 13.2 Å². The molecule has 0 N–H and O–H groups in total. The molecule has 3 heteroatoms. The summed E-state index contributed by atoms with van der Waals surface area (Å²) >= 11 is 0. The summed E-state index contributed by atoms with van der Waals surface area (Å²) in [5.41, 5.74) is 2.12. The van der Waals surface area contributed by atoms with E-state index in [1.807, 2.05) is 6.92 Å². The van der Waals surface area contributed by atoms with Crippen LogP contribution in [0.4, 0.5) is 13.2 Å². The first kappa shape index (κ1) is 17.6. The van der Waals surface area contributed by atoms with E-state index in [2.05, 4.69) is 52.0 Å². The molecule has 0 saturated heterocycles. The molecular weight excluding hydrogens is 297 g/mol. The van der Waals surface area contributed by atoms with Gasteiger partial charge in [-0.25, -0.2) is 0 Å². The summed E-state index contributed by atoms with van der Waals surface area (Å²) < 4.78 is 38.3. The molecule has 0 unspecified atom stereocenters. The monoisotopic (exact) mass is 320 g/mol. The molecule has 0 saturated carbocycles. The number of rotatable bonds is 3. The van der Waals surface area contributed by atoms with E-state index >= 15 is 0 Å². The van der Waals surface area contributed by atoms with Crippen LogP contribution in [0.1, 0.15) is 49.9 Å². The second-order valence-corrected chi connectivity index (χ2v) is 7.19. The minimum atomic E-state index is -4.30. The fourth-order valence-corrected chi connectivity index (χ4v) is 2.77. The molecule has 0 bridgehead atoms. The molecule has 0 aliphatic rings. The molecule has 0 heterocycles. The fraction of sp³-hybridized carbons (Fsp3) is 0.400. The maximum absolute atomic E-state index is 12.8. The summed E-state index contributed by atoms with van der Waals surface area (Å²) in [6, 6.07) is 13.9. The van der Waals surface area contributed by atoms with Crippen molar-refractivity contribution < 1.29 is 13.2 Å². The van der Waals surface area contributed by atoms with Gasteiger partial charge in [-0.1, -0.05) is 69.7 Å². The van der Waals surface area contributed by atoms with Crippen LogP contribution in [-0.4, -0.2) is 0 Å². The Labute approximate surface area is 136 Å². The van der Waals surface area contributed by atoms with Gasteiger partial charge in [0.05, 0.1) is 5.56 Å². The summed E-state index contributed by atoms with van der Waals surface area (Å²) in [5.74, 6) is 0. The highest BCUT2D eigenvalue weighted by Gasteiger charge is 2.40. The van der Waals surface area contributed by atoms with Gasteiger partial charge in [0.15, 0.2) is 0 Å². The molecule has 0 aliphatic carbocycles. The van der Waals surface area contributed by atoms with Crippen molar-refractivity contribution in [2.75, 3.05) is 0 Å². The van der Waals surface area contributed by atoms with E-state index in [-0.39, 0.29) is 10.8 Å². The highest BCUT2D eigenvalue weighted by Crippen LogP contribution is 2.44. The van der Waals surface area contributed by atoms with Crippen LogP contribution >= 0.6 is 0 Å². The molecule has 23 heavy (non-hydrogen) atoms. The lowest BCUT2D eigenvalue weighted by molar-refractivity contribution is -0.137. The maximum Gasteiger partial charge on any atom is 0.416 e. The quantitative estimate of drug-likeness (QED) is 0.625. The standard InChI is InChI=1S/C20H23F3/c1-14-6-8-15(9-7-14)18(2,3)19(4,5)16-10-12-17(13-11-16)20(21,22)23/h6-13H,1-5H3. The average molecular weight is 320 g/mol. The van der Waals surface area contributed by atoms with Crippen molar-refractivity contribution in [2.24, 2.45) is 0 Å². The fourth-order valence-electron chi connectivity index (χ4n) is 2.77. The van der Waals surface area contributed by atoms with Gasteiger partial charge in [-0.3, -0.25) is 0 Å². The largest absolute Gasteiger partial charge is 0.416 e. The van der Waals surface area contributed by atoms with E-state index in [1.54, 1.807) is 12.1 Å². The predicted molar refractivity (Wildman–Crippen MR) is 88.7 cm³/mol. The van der Waals surface area contributed by atoms with Crippen LogP contribution in [-0.2, 0) is 17.0 Å². The third-order valence-corrected chi connectivity index (χ3v) is 5.27. The Balaban J connectivity index is 2.41. The topological polar surface area (TPSA) is 0 Å². The Kier molecular flexibility index (Phi) is 4.36. The van der Waals surface area contributed by atoms with Gasteiger partial charge < -0.3 is 0 Å². The number of benzene rings is 2.